The molecule has 4 aliphatic carbocycles. The zero-order valence-corrected chi connectivity index (χ0v) is 17.8. The molecule has 0 amide bonds. The zero-order chi connectivity index (χ0) is 22.5. The molecular formula is C22H27N5O5. The van der Waals surface area contributed by atoms with Crippen LogP contribution in [0.15, 0.2) is 23.6 Å². The van der Waals surface area contributed by atoms with E-state index in [1.54, 1.807) is 13.1 Å². The number of aromatic nitrogens is 2. The highest BCUT2D eigenvalue weighted by Crippen LogP contribution is 2.56. The Morgan fingerprint density at radius 2 is 2.09 bits per heavy atom. The van der Waals surface area contributed by atoms with Gasteiger partial charge in [-0.15, -0.1) is 0 Å². The number of fused-ring (bicyclic) bond motifs is 1. The third-order valence-corrected chi connectivity index (χ3v) is 7.07. The standard InChI is InChI=1S/C22H27N5O5/c1-2-31-21(29)18(23)27-32-20(28)15-10-25-19-14(3-4-24-19)17(15)26-16-12-5-11-6-13(16)9-22(30,7-11)8-12/h3-4,10-13,16,30H,2,5-9H2,1H3,(H2,23,27)(H2,24,25,26)/t11?,12-,13+,16+,22-. The number of oxime groups is 1. The predicted octanol–water partition coefficient (Wildman–Crippen LogP) is 1.91. The van der Waals surface area contributed by atoms with Crippen LogP contribution in [0.3, 0.4) is 0 Å². The molecule has 0 radical (unpaired) electrons. The molecule has 0 spiro atoms. The lowest BCUT2D eigenvalue weighted by Crippen LogP contribution is -2.59. The van der Waals surface area contributed by atoms with E-state index < -0.39 is 23.4 Å². The second-order valence-electron chi connectivity index (χ2n) is 9.23. The van der Waals surface area contributed by atoms with E-state index in [9.17, 15) is 14.7 Å². The van der Waals surface area contributed by atoms with E-state index in [1.807, 2.05) is 6.07 Å². The van der Waals surface area contributed by atoms with Crippen LogP contribution in [-0.2, 0) is 14.4 Å². The van der Waals surface area contributed by atoms with Gasteiger partial charge in [-0.25, -0.2) is 14.6 Å². The summed E-state index contributed by atoms with van der Waals surface area (Å²) in [5.74, 6) is -0.920. The van der Waals surface area contributed by atoms with Crippen molar-refractivity contribution in [1.82, 2.24) is 9.97 Å². The highest BCUT2D eigenvalue weighted by molar-refractivity contribution is 6.34. The van der Waals surface area contributed by atoms with Crippen molar-refractivity contribution in [1.29, 1.82) is 0 Å². The summed E-state index contributed by atoms with van der Waals surface area (Å²) in [6.07, 6.45) is 7.80. The topological polar surface area (TPSA) is 152 Å². The number of nitrogens with zero attached hydrogens (tertiary/aromatic N) is 2. The highest BCUT2D eigenvalue weighted by atomic mass is 16.7. The van der Waals surface area contributed by atoms with Gasteiger partial charge < -0.3 is 30.7 Å². The van der Waals surface area contributed by atoms with Crippen molar-refractivity contribution in [3.05, 3.63) is 24.0 Å². The van der Waals surface area contributed by atoms with Gasteiger partial charge in [-0.3, -0.25) is 0 Å². The van der Waals surface area contributed by atoms with Gasteiger partial charge in [-0.05, 0) is 68.0 Å². The molecule has 2 aromatic heterocycles. The molecule has 4 saturated carbocycles. The Kier molecular flexibility index (Phi) is 5.04. The van der Waals surface area contributed by atoms with Gasteiger partial charge in [0, 0.05) is 23.8 Å². The summed E-state index contributed by atoms with van der Waals surface area (Å²) < 4.78 is 4.74. The normalized spacial score (nSPS) is 31.0. The molecule has 2 aromatic rings. The van der Waals surface area contributed by atoms with Crippen molar-refractivity contribution in [2.45, 2.75) is 50.7 Å². The van der Waals surface area contributed by atoms with Crippen molar-refractivity contribution >= 4 is 34.5 Å². The lowest BCUT2D eigenvalue weighted by Gasteiger charge is -2.58. The molecule has 2 heterocycles. The molecule has 6 rings (SSSR count). The molecule has 10 nitrogen and oxygen atoms in total. The van der Waals surface area contributed by atoms with E-state index in [4.69, 9.17) is 15.3 Å². The molecule has 5 N–H and O–H groups in total. The summed E-state index contributed by atoms with van der Waals surface area (Å²) >= 11 is 0. The number of nitrogens with two attached hydrogens (primary N) is 1. The average Bonchev–Trinajstić information content (AvgIpc) is 3.22. The van der Waals surface area contributed by atoms with E-state index in [1.165, 1.54) is 6.20 Å². The zero-order valence-electron chi connectivity index (χ0n) is 17.8. The molecule has 4 fully saturated rings. The molecule has 0 saturated heterocycles. The lowest BCUT2D eigenvalue weighted by atomic mass is 9.52. The van der Waals surface area contributed by atoms with Crippen molar-refractivity contribution in [3.8, 4) is 0 Å². The summed E-state index contributed by atoms with van der Waals surface area (Å²) in [4.78, 5) is 36.8. The van der Waals surface area contributed by atoms with Crippen LogP contribution in [0.5, 0.6) is 0 Å². The fourth-order valence-corrected chi connectivity index (χ4v) is 6.08. The van der Waals surface area contributed by atoms with E-state index >= 15 is 0 Å². The van der Waals surface area contributed by atoms with Crippen LogP contribution in [0.4, 0.5) is 5.69 Å². The van der Waals surface area contributed by atoms with Crippen LogP contribution in [0.1, 0.15) is 49.4 Å². The van der Waals surface area contributed by atoms with Gasteiger partial charge in [-0.1, -0.05) is 0 Å². The number of esters is 1. The number of carbonyl (C=O) groups excluding carboxylic acids is 2. The quantitative estimate of drug-likeness (QED) is 0.180. The second kappa shape index (κ2) is 7.77. The first-order valence-corrected chi connectivity index (χ1v) is 11.0. The van der Waals surface area contributed by atoms with Gasteiger partial charge in [-0.2, -0.15) is 0 Å². The minimum atomic E-state index is -0.857. The fraction of sp³-hybridized carbons (Fsp3) is 0.545. The molecule has 4 bridgehead atoms. The minimum absolute atomic E-state index is 0.130. The number of aliphatic hydroxyl groups is 1. The number of carbonyl (C=O) groups is 2. The number of H-pyrrole nitrogens is 1. The molecule has 0 aromatic carbocycles. The number of anilines is 1. The largest absolute Gasteiger partial charge is 0.460 e. The van der Waals surface area contributed by atoms with Crippen LogP contribution < -0.4 is 11.1 Å². The summed E-state index contributed by atoms with van der Waals surface area (Å²) in [6.45, 7) is 1.76. The van der Waals surface area contributed by atoms with Gasteiger partial charge in [0.1, 0.15) is 11.2 Å². The van der Waals surface area contributed by atoms with Crippen LogP contribution >= 0.6 is 0 Å². The molecule has 5 atom stereocenters. The van der Waals surface area contributed by atoms with E-state index in [2.05, 4.69) is 20.4 Å². The molecule has 4 aliphatic rings. The van der Waals surface area contributed by atoms with Crippen LogP contribution in [0.25, 0.3) is 11.0 Å². The predicted molar refractivity (Wildman–Crippen MR) is 116 cm³/mol. The van der Waals surface area contributed by atoms with E-state index in [0.29, 0.717) is 29.1 Å². The van der Waals surface area contributed by atoms with Crippen molar-refractivity contribution < 1.29 is 24.3 Å². The fourth-order valence-electron chi connectivity index (χ4n) is 6.08. The Bertz CT molecular complexity index is 1080. The Morgan fingerprint density at radius 1 is 1.34 bits per heavy atom. The van der Waals surface area contributed by atoms with Crippen LogP contribution in [0.2, 0.25) is 0 Å². The highest BCUT2D eigenvalue weighted by Gasteiger charge is 2.54. The molecule has 0 aliphatic heterocycles. The van der Waals surface area contributed by atoms with Gasteiger partial charge in [0.15, 0.2) is 0 Å². The third kappa shape index (κ3) is 3.58. The molecule has 10 heteroatoms. The monoisotopic (exact) mass is 441 g/mol. The van der Waals surface area contributed by atoms with Crippen molar-refractivity contribution in [2.24, 2.45) is 28.6 Å². The number of hydrogen-bond acceptors (Lipinski definition) is 8. The maximum absolute atomic E-state index is 12.8. The summed E-state index contributed by atoms with van der Waals surface area (Å²) in [6, 6.07) is 1.99. The smallest absolute Gasteiger partial charge is 0.377 e. The van der Waals surface area contributed by atoms with E-state index in [-0.39, 0.29) is 18.2 Å². The van der Waals surface area contributed by atoms with Crippen molar-refractivity contribution in [3.63, 3.8) is 0 Å². The number of amidine groups is 1. The summed E-state index contributed by atoms with van der Waals surface area (Å²) in [5.41, 5.74) is 6.42. The SMILES string of the molecule is CCOC(=O)C(N)=NOC(=O)c1cnc2[nH]ccc2c1N[C@H]1[C@@H]2CC3C[C@H]1C[C@@](O)(C3)C2. The molecule has 1 unspecified atom stereocenters. The number of nitrogens with one attached hydrogen (secondary N) is 2. The summed E-state index contributed by atoms with van der Waals surface area (Å²) in [5, 5.41) is 18.7. The second-order valence-corrected chi connectivity index (χ2v) is 9.23. The third-order valence-electron chi connectivity index (χ3n) is 7.07. The number of pyridine rings is 1. The first-order chi connectivity index (χ1) is 15.4. The van der Waals surface area contributed by atoms with Gasteiger partial charge in [0.05, 0.1) is 17.9 Å². The molecule has 32 heavy (non-hydrogen) atoms. The number of rotatable bonds is 5. The minimum Gasteiger partial charge on any atom is -0.460 e. The number of ether oxygens (including phenoxy) is 1. The van der Waals surface area contributed by atoms with Crippen molar-refractivity contribution in [2.75, 3.05) is 11.9 Å². The maximum atomic E-state index is 12.8. The van der Waals surface area contributed by atoms with Gasteiger partial charge >= 0.3 is 11.9 Å². The first-order valence-electron chi connectivity index (χ1n) is 11.0. The Hall–Kier alpha value is -3.14. The molecular weight excluding hydrogens is 414 g/mol. The lowest BCUT2D eigenvalue weighted by molar-refractivity contribution is -0.135. The van der Waals surface area contributed by atoms with Crippen LogP contribution in [-0.4, -0.2) is 51.1 Å². The van der Waals surface area contributed by atoms with E-state index in [0.717, 1.165) is 37.5 Å². The molecule has 170 valence electrons. The number of aromatic amines is 1. The van der Waals surface area contributed by atoms with Gasteiger partial charge in [0.25, 0.3) is 0 Å². The average molecular weight is 441 g/mol. The van der Waals surface area contributed by atoms with Crippen LogP contribution in [0, 0.1) is 17.8 Å². The van der Waals surface area contributed by atoms with Gasteiger partial charge in [0.2, 0.25) is 5.84 Å². The maximum Gasteiger partial charge on any atom is 0.377 e. The Balaban J connectivity index is 1.42. The Labute approximate surface area is 184 Å². The summed E-state index contributed by atoms with van der Waals surface area (Å²) in [7, 11) is 0. The Morgan fingerprint density at radius 3 is 2.78 bits per heavy atom. The first kappa shape index (κ1) is 20.7. The number of hydrogen-bond donors (Lipinski definition) is 4.